The number of aromatic nitrogens is 1. The number of nitriles is 1. The zero-order valence-corrected chi connectivity index (χ0v) is 26.2. The van der Waals surface area contributed by atoms with Crippen LogP contribution in [0.15, 0.2) is 108 Å². The standard InChI is InChI=1S/C37H26ClFN2O3S/c1-22-10-14-29(15-11-22)45(43)41-33-17-13-28(39)20-31(33)35(34-23(2)6-4-9-27(34)21-40)36(41)25-8-5-7-24(18-25)30-16-12-26(19-32(30)38)37(42)44-3/h4-20H,1-3H3. The number of benzene rings is 5. The molecule has 5 nitrogen and oxygen atoms in total. The Morgan fingerprint density at radius 2 is 1.62 bits per heavy atom. The number of fused-ring (bicyclic) bond motifs is 1. The maximum Gasteiger partial charge on any atom is 0.337 e. The highest BCUT2D eigenvalue weighted by atomic mass is 35.5. The minimum atomic E-state index is -1.75. The first kappa shape index (κ1) is 30.0. The van der Waals surface area contributed by atoms with Crippen molar-refractivity contribution in [1.29, 1.82) is 5.26 Å². The van der Waals surface area contributed by atoms with Crippen LogP contribution in [0.4, 0.5) is 4.39 Å². The average Bonchev–Trinajstić information content (AvgIpc) is 3.37. The summed E-state index contributed by atoms with van der Waals surface area (Å²) in [4.78, 5) is 12.7. The van der Waals surface area contributed by atoms with Crippen LogP contribution in [-0.4, -0.2) is 21.3 Å². The van der Waals surface area contributed by atoms with E-state index in [-0.39, 0.29) is 0 Å². The zero-order chi connectivity index (χ0) is 31.8. The van der Waals surface area contributed by atoms with Gasteiger partial charge in [-0.05, 0) is 79.6 Å². The van der Waals surface area contributed by atoms with Crippen molar-refractivity contribution in [2.75, 3.05) is 7.11 Å². The SMILES string of the molecule is COC(=O)c1ccc(-c2cccc(-c3c(-c4c(C)cccc4C#N)c4cc(F)ccc4n3S(=O)c3ccc(C)cc3)c2)c(Cl)c1. The number of nitrogens with zero attached hydrogens (tertiary/aromatic N) is 2. The Labute approximate surface area is 267 Å². The summed E-state index contributed by atoms with van der Waals surface area (Å²) in [6.07, 6.45) is 0. The van der Waals surface area contributed by atoms with E-state index in [0.29, 0.717) is 59.9 Å². The Hall–Kier alpha value is -5.03. The molecular weight excluding hydrogens is 607 g/mol. The number of ether oxygens (including phenoxy) is 1. The van der Waals surface area contributed by atoms with Gasteiger partial charge in [0.2, 0.25) is 0 Å². The van der Waals surface area contributed by atoms with Gasteiger partial charge in [0.05, 0.1) is 40.4 Å². The van der Waals surface area contributed by atoms with Gasteiger partial charge in [0, 0.05) is 32.7 Å². The van der Waals surface area contributed by atoms with Gasteiger partial charge in [-0.1, -0.05) is 65.7 Å². The van der Waals surface area contributed by atoms with Gasteiger partial charge in [-0.25, -0.2) is 13.4 Å². The number of halogens is 2. The fourth-order valence-corrected chi connectivity index (χ4v) is 7.17. The monoisotopic (exact) mass is 632 g/mol. The molecule has 5 aromatic carbocycles. The van der Waals surface area contributed by atoms with Crippen LogP contribution in [0.3, 0.4) is 0 Å². The number of aryl methyl sites for hydroxylation is 2. The number of methoxy groups -OCH3 is 1. The highest BCUT2D eigenvalue weighted by molar-refractivity contribution is 7.83. The number of hydrogen-bond donors (Lipinski definition) is 0. The second-order valence-electron chi connectivity index (χ2n) is 10.6. The Balaban J connectivity index is 1.70. The van der Waals surface area contributed by atoms with E-state index in [2.05, 4.69) is 6.07 Å². The van der Waals surface area contributed by atoms with Crippen LogP contribution >= 0.6 is 11.6 Å². The summed E-state index contributed by atoms with van der Waals surface area (Å²) < 4.78 is 36.0. The molecule has 6 aromatic rings. The lowest BCUT2D eigenvalue weighted by Gasteiger charge is -2.16. The molecule has 0 saturated carbocycles. The summed E-state index contributed by atoms with van der Waals surface area (Å²) >= 11 is 6.67. The van der Waals surface area contributed by atoms with Crippen LogP contribution < -0.4 is 0 Å². The molecule has 1 unspecified atom stereocenters. The van der Waals surface area contributed by atoms with E-state index in [9.17, 15) is 18.7 Å². The van der Waals surface area contributed by atoms with Gasteiger partial charge in [-0.15, -0.1) is 0 Å². The lowest BCUT2D eigenvalue weighted by molar-refractivity contribution is 0.0600. The fourth-order valence-electron chi connectivity index (χ4n) is 5.60. The molecule has 0 aliphatic rings. The summed E-state index contributed by atoms with van der Waals surface area (Å²) in [7, 11) is -0.439. The molecule has 8 heteroatoms. The normalized spacial score (nSPS) is 11.7. The second-order valence-corrected chi connectivity index (χ2v) is 12.4. The average molecular weight is 633 g/mol. The topological polar surface area (TPSA) is 72.1 Å². The summed E-state index contributed by atoms with van der Waals surface area (Å²) in [6, 6.07) is 32.1. The van der Waals surface area contributed by atoms with Crippen molar-refractivity contribution in [3.05, 3.63) is 136 Å². The summed E-state index contributed by atoms with van der Waals surface area (Å²) in [6.45, 7) is 3.86. The molecule has 1 atom stereocenters. The maximum absolute atomic E-state index is 15.0. The Morgan fingerprint density at radius 3 is 2.33 bits per heavy atom. The van der Waals surface area contributed by atoms with Gasteiger partial charge in [0.1, 0.15) is 5.82 Å². The van der Waals surface area contributed by atoms with Crippen LogP contribution in [-0.2, 0) is 15.7 Å². The predicted molar refractivity (Wildman–Crippen MR) is 177 cm³/mol. The Bertz CT molecular complexity index is 2200. The minimum Gasteiger partial charge on any atom is -0.465 e. The van der Waals surface area contributed by atoms with Crippen LogP contribution in [0.2, 0.25) is 5.02 Å². The van der Waals surface area contributed by atoms with Crippen molar-refractivity contribution >= 4 is 39.5 Å². The van der Waals surface area contributed by atoms with Gasteiger partial charge in [-0.3, -0.25) is 3.97 Å². The molecule has 6 rings (SSSR count). The van der Waals surface area contributed by atoms with Crippen molar-refractivity contribution in [2.24, 2.45) is 0 Å². The van der Waals surface area contributed by atoms with Gasteiger partial charge < -0.3 is 4.74 Å². The number of carbonyl (C=O) groups is 1. The highest BCUT2D eigenvalue weighted by Crippen LogP contribution is 2.45. The van der Waals surface area contributed by atoms with Crippen molar-refractivity contribution in [2.45, 2.75) is 18.7 Å². The minimum absolute atomic E-state index is 0.323. The molecule has 0 radical (unpaired) electrons. The van der Waals surface area contributed by atoms with Crippen LogP contribution in [0.25, 0.3) is 44.4 Å². The van der Waals surface area contributed by atoms with E-state index in [1.807, 2.05) is 74.5 Å². The van der Waals surface area contributed by atoms with Gasteiger partial charge in [0.15, 0.2) is 11.0 Å². The molecule has 222 valence electrons. The smallest absolute Gasteiger partial charge is 0.337 e. The second kappa shape index (κ2) is 12.2. The number of esters is 1. The molecule has 0 bridgehead atoms. The van der Waals surface area contributed by atoms with Crippen LogP contribution in [0, 0.1) is 31.0 Å². The number of carbonyl (C=O) groups excluding carboxylic acids is 1. The molecule has 1 aromatic heterocycles. The predicted octanol–water partition coefficient (Wildman–Crippen LogP) is 9.28. The molecule has 0 amide bonds. The fraction of sp³-hybridized carbons (Fsp3) is 0.0811. The van der Waals surface area contributed by atoms with Crippen molar-refractivity contribution in [3.63, 3.8) is 0 Å². The van der Waals surface area contributed by atoms with Crippen molar-refractivity contribution < 1.29 is 18.1 Å². The van der Waals surface area contributed by atoms with Gasteiger partial charge >= 0.3 is 5.97 Å². The Kier molecular flexibility index (Phi) is 8.11. The molecule has 0 spiro atoms. The number of rotatable bonds is 6. The van der Waals surface area contributed by atoms with E-state index in [0.717, 1.165) is 16.7 Å². The molecule has 0 saturated heterocycles. The molecule has 45 heavy (non-hydrogen) atoms. The molecule has 0 fully saturated rings. The van der Waals surface area contributed by atoms with Crippen molar-refractivity contribution in [1.82, 2.24) is 3.97 Å². The van der Waals surface area contributed by atoms with E-state index < -0.39 is 22.8 Å². The summed E-state index contributed by atoms with van der Waals surface area (Å²) in [5, 5.41) is 11.1. The van der Waals surface area contributed by atoms with Crippen molar-refractivity contribution in [3.8, 4) is 39.6 Å². The van der Waals surface area contributed by atoms with E-state index in [1.54, 1.807) is 34.3 Å². The third-order valence-electron chi connectivity index (χ3n) is 7.76. The van der Waals surface area contributed by atoms with E-state index in [4.69, 9.17) is 16.3 Å². The summed E-state index contributed by atoms with van der Waals surface area (Å²) in [5.41, 5.74) is 7.03. The van der Waals surface area contributed by atoms with E-state index in [1.165, 1.54) is 19.2 Å². The molecule has 0 aliphatic carbocycles. The van der Waals surface area contributed by atoms with Crippen LogP contribution in [0.1, 0.15) is 27.0 Å². The number of hydrogen-bond acceptors (Lipinski definition) is 4. The maximum atomic E-state index is 15.0. The largest absolute Gasteiger partial charge is 0.465 e. The highest BCUT2D eigenvalue weighted by Gasteiger charge is 2.27. The third kappa shape index (κ3) is 5.44. The van der Waals surface area contributed by atoms with Crippen LogP contribution in [0.5, 0.6) is 0 Å². The van der Waals surface area contributed by atoms with E-state index >= 15 is 0 Å². The first-order valence-electron chi connectivity index (χ1n) is 14.0. The first-order chi connectivity index (χ1) is 21.7. The molecule has 0 N–H and O–H groups in total. The Morgan fingerprint density at radius 1 is 0.889 bits per heavy atom. The lowest BCUT2D eigenvalue weighted by Crippen LogP contribution is -2.07. The summed E-state index contributed by atoms with van der Waals surface area (Å²) in [5.74, 6) is -0.949. The lowest BCUT2D eigenvalue weighted by atomic mass is 9.91. The first-order valence-corrected chi connectivity index (χ1v) is 15.5. The zero-order valence-electron chi connectivity index (χ0n) is 24.6. The molecule has 1 heterocycles. The molecule has 0 aliphatic heterocycles. The van der Waals surface area contributed by atoms with Gasteiger partial charge in [0.25, 0.3) is 0 Å². The molecular formula is C37H26ClFN2O3S. The van der Waals surface area contributed by atoms with Gasteiger partial charge in [-0.2, -0.15) is 5.26 Å². The quantitative estimate of drug-likeness (QED) is 0.172. The third-order valence-corrected chi connectivity index (χ3v) is 9.45.